The number of hydrogen-bond donors (Lipinski definition) is 2. The monoisotopic (exact) mass is 246 g/mol. The Balaban J connectivity index is 2.54. The molecule has 0 spiro atoms. The van der Waals surface area contributed by atoms with Gasteiger partial charge in [0.1, 0.15) is 0 Å². The number of hydrogen-bond acceptors (Lipinski definition) is 4. The normalized spacial score (nSPS) is 22.0. The maximum Gasteiger partial charge on any atom is 0.0901 e. The fourth-order valence-corrected chi connectivity index (χ4v) is 2.56. The molecule has 1 unspecified atom stereocenters. The van der Waals surface area contributed by atoms with E-state index in [0.29, 0.717) is 37.6 Å². The topological polar surface area (TPSA) is 58.7 Å². The van der Waals surface area contributed by atoms with E-state index < -0.39 is 5.60 Å². The van der Waals surface area contributed by atoms with Crippen LogP contribution in [0.2, 0.25) is 0 Å². The molecule has 0 amide bonds. The molecule has 0 radical (unpaired) electrons. The van der Waals surface area contributed by atoms with Crippen molar-refractivity contribution in [1.82, 2.24) is 4.90 Å². The Labute approximate surface area is 103 Å². The van der Waals surface area contributed by atoms with E-state index in [1.54, 1.807) is 0 Å². The predicted molar refractivity (Wildman–Crippen MR) is 68.5 cm³/mol. The van der Waals surface area contributed by atoms with Gasteiger partial charge in [0.25, 0.3) is 0 Å². The van der Waals surface area contributed by atoms with E-state index in [1.165, 1.54) is 0 Å². The molecule has 0 bridgehead atoms. The molecule has 1 aliphatic heterocycles. The zero-order chi connectivity index (χ0) is 12.2. The van der Waals surface area contributed by atoms with Gasteiger partial charge in [0.2, 0.25) is 0 Å². The van der Waals surface area contributed by atoms with E-state index in [-0.39, 0.29) is 6.04 Å². The third-order valence-corrected chi connectivity index (χ3v) is 3.49. The summed E-state index contributed by atoms with van der Waals surface area (Å²) < 4.78 is 5.25. The first-order valence-corrected chi connectivity index (χ1v) is 6.19. The van der Waals surface area contributed by atoms with Gasteiger partial charge in [-0.1, -0.05) is 19.1 Å². The van der Waals surface area contributed by atoms with Gasteiger partial charge in [-0.05, 0) is 13.5 Å². The van der Waals surface area contributed by atoms with Gasteiger partial charge in [0.05, 0.1) is 16.6 Å². The molecular formula is C11H22N2O2S. The lowest BCUT2D eigenvalue weighted by Crippen LogP contribution is -2.51. The number of nitrogens with zero attached hydrogens (tertiary/aromatic N) is 1. The first kappa shape index (κ1) is 13.8. The van der Waals surface area contributed by atoms with Crippen LogP contribution in [0, 0.1) is 0 Å². The lowest BCUT2D eigenvalue weighted by atomic mass is 9.93. The SMILES string of the molecule is CCC(C(N)=S)N(C)CC1(O)CCOCC1. The van der Waals surface area contributed by atoms with Crippen molar-refractivity contribution in [2.45, 2.75) is 37.8 Å². The van der Waals surface area contributed by atoms with Crippen LogP contribution in [0.25, 0.3) is 0 Å². The van der Waals surface area contributed by atoms with Gasteiger partial charge >= 0.3 is 0 Å². The molecule has 1 heterocycles. The van der Waals surface area contributed by atoms with Crippen LogP contribution >= 0.6 is 12.2 Å². The summed E-state index contributed by atoms with van der Waals surface area (Å²) in [5, 5.41) is 10.4. The summed E-state index contributed by atoms with van der Waals surface area (Å²) in [6.45, 7) is 3.92. The van der Waals surface area contributed by atoms with Crippen molar-refractivity contribution in [3.63, 3.8) is 0 Å². The largest absolute Gasteiger partial charge is 0.392 e. The van der Waals surface area contributed by atoms with E-state index in [0.717, 1.165) is 6.42 Å². The summed E-state index contributed by atoms with van der Waals surface area (Å²) in [6, 6.07) is 0.0712. The molecule has 5 heteroatoms. The van der Waals surface area contributed by atoms with Crippen molar-refractivity contribution in [2.75, 3.05) is 26.8 Å². The van der Waals surface area contributed by atoms with E-state index in [2.05, 4.69) is 0 Å². The minimum Gasteiger partial charge on any atom is -0.392 e. The smallest absolute Gasteiger partial charge is 0.0901 e. The fourth-order valence-electron chi connectivity index (χ4n) is 2.21. The summed E-state index contributed by atoms with van der Waals surface area (Å²) in [6.07, 6.45) is 2.24. The third kappa shape index (κ3) is 3.66. The molecule has 3 N–H and O–H groups in total. The Morgan fingerprint density at radius 1 is 1.56 bits per heavy atom. The van der Waals surface area contributed by atoms with Crippen molar-refractivity contribution in [2.24, 2.45) is 5.73 Å². The highest BCUT2D eigenvalue weighted by molar-refractivity contribution is 7.80. The maximum atomic E-state index is 10.4. The first-order chi connectivity index (χ1) is 7.48. The lowest BCUT2D eigenvalue weighted by molar-refractivity contribution is -0.0788. The van der Waals surface area contributed by atoms with Crippen molar-refractivity contribution in [3.05, 3.63) is 0 Å². The van der Waals surface area contributed by atoms with Gasteiger partial charge in [0, 0.05) is 32.6 Å². The average Bonchev–Trinajstić information content (AvgIpc) is 2.18. The van der Waals surface area contributed by atoms with Crippen LogP contribution in [0.5, 0.6) is 0 Å². The number of thiocarbonyl (C=S) groups is 1. The van der Waals surface area contributed by atoms with Crippen molar-refractivity contribution in [3.8, 4) is 0 Å². The standard InChI is InChI=1S/C11H22N2O2S/c1-3-9(10(12)16)13(2)8-11(14)4-6-15-7-5-11/h9,14H,3-8H2,1-2H3,(H2,12,16). The van der Waals surface area contributed by atoms with Crippen LogP contribution in [-0.4, -0.2) is 53.4 Å². The minimum absolute atomic E-state index is 0.0712. The molecule has 94 valence electrons. The quantitative estimate of drug-likeness (QED) is 0.693. The summed E-state index contributed by atoms with van der Waals surface area (Å²) in [4.78, 5) is 2.55. The highest BCUT2D eigenvalue weighted by atomic mass is 32.1. The van der Waals surface area contributed by atoms with Gasteiger partial charge in [-0.15, -0.1) is 0 Å². The zero-order valence-corrected chi connectivity index (χ0v) is 10.9. The highest BCUT2D eigenvalue weighted by Crippen LogP contribution is 2.22. The molecule has 1 aliphatic rings. The van der Waals surface area contributed by atoms with Crippen LogP contribution < -0.4 is 5.73 Å². The van der Waals surface area contributed by atoms with Crippen molar-refractivity contribution in [1.29, 1.82) is 0 Å². The molecule has 0 aromatic carbocycles. The molecular weight excluding hydrogens is 224 g/mol. The Kier molecular flexibility index (Phi) is 5.11. The molecule has 0 aliphatic carbocycles. The Morgan fingerprint density at radius 3 is 2.56 bits per heavy atom. The second-order valence-electron chi connectivity index (χ2n) is 4.58. The molecule has 1 fully saturated rings. The molecule has 0 saturated carbocycles. The summed E-state index contributed by atoms with van der Waals surface area (Å²) in [5.41, 5.74) is 5.03. The Hall–Kier alpha value is -0.230. The second kappa shape index (κ2) is 5.91. The van der Waals surface area contributed by atoms with Crippen LogP contribution in [0.15, 0.2) is 0 Å². The molecule has 1 saturated heterocycles. The van der Waals surface area contributed by atoms with Gasteiger partial charge < -0.3 is 15.6 Å². The molecule has 1 atom stereocenters. The second-order valence-corrected chi connectivity index (χ2v) is 5.05. The van der Waals surface area contributed by atoms with Crippen LogP contribution in [0.4, 0.5) is 0 Å². The summed E-state index contributed by atoms with van der Waals surface area (Å²) >= 11 is 5.03. The lowest BCUT2D eigenvalue weighted by Gasteiger charge is -2.38. The van der Waals surface area contributed by atoms with Gasteiger partial charge in [-0.25, -0.2) is 0 Å². The molecule has 16 heavy (non-hydrogen) atoms. The number of rotatable bonds is 5. The molecule has 1 rings (SSSR count). The van der Waals surface area contributed by atoms with Crippen LogP contribution in [-0.2, 0) is 4.74 Å². The summed E-state index contributed by atoms with van der Waals surface area (Å²) in [5.74, 6) is 0. The van der Waals surface area contributed by atoms with Gasteiger partial charge in [0.15, 0.2) is 0 Å². The molecule has 0 aromatic heterocycles. The van der Waals surface area contributed by atoms with E-state index in [4.69, 9.17) is 22.7 Å². The molecule has 0 aromatic rings. The van der Waals surface area contributed by atoms with Crippen LogP contribution in [0.3, 0.4) is 0 Å². The fraction of sp³-hybridized carbons (Fsp3) is 0.909. The predicted octanol–water partition coefficient (Wildman–Crippen LogP) is 0.524. The average molecular weight is 246 g/mol. The number of aliphatic hydroxyl groups is 1. The summed E-state index contributed by atoms with van der Waals surface area (Å²) in [7, 11) is 1.96. The van der Waals surface area contributed by atoms with Crippen LogP contribution in [0.1, 0.15) is 26.2 Å². The molecule has 4 nitrogen and oxygen atoms in total. The van der Waals surface area contributed by atoms with E-state index >= 15 is 0 Å². The van der Waals surface area contributed by atoms with Crippen molar-refractivity contribution < 1.29 is 9.84 Å². The zero-order valence-electron chi connectivity index (χ0n) is 10.1. The maximum absolute atomic E-state index is 10.4. The van der Waals surface area contributed by atoms with E-state index in [9.17, 15) is 5.11 Å². The Bertz CT molecular complexity index is 242. The van der Waals surface area contributed by atoms with Gasteiger partial charge in [-0.2, -0.15) is 0 Å². The van der Waals surface area contributed by atoms with Gasteiger partial charge in [-0.3, -0.25) is 4.90 Å². The Morgan fingerprint density at radius 2 is 2.12 bits per heavy atom. The number of likely N-dealkylation sites (N-methyl/N-ethyl adjacent to an activating group) is 1. The number of nitrogens with two attached hydrogens (primary N) is 1. The third-order valence-electron chi connectivity index (χ3n) is 3.21. The van der Waals surface area contributed by atoms with Crippen molar-refractivity contribution >= 4 is 17.2 Å². The number of ether oxygens (including phenoxy) is 1. The van der Waals surface area contributed by atoms with E-state index in [1.807, 2.05) is 18.9 Å². The first-order valence-electron chi connectivity index (χ1n) is 5.78. The highest BCUT2D eigenvalue weighted by Gasteiger charge is 2.32. The minimum atomic E-state index is -0.648.